The fourth-order valence-corrected chi connectivity index (χ4v) is 5.76. The Morgan fingerprint density at radius 1 is 0.750 bits per heavy atom. The number of hydrogen-bond acceptors (Lipinski definition) is 6. The highest BCUT2D eigenvalue weighted by Gasteiger charge is 2.56. The van der Waals surface area contributed by atoms with E-state index in [1.165, 1.54) is 37.4 Å². The van der Waals surface area contributed by atoms with Gasteiger partial charge in [0.05, 0.1) is 12.1 Å². The van der Waals surface area contributed by atoms with Crippen molar-refractivity contribution in [2.45, 2.75) is 46.0 Å². The van der Waals surface area contributed by atoms with Crippen molar-refractivity contribution in [2.24, 2.45) is 0 Å². The molecule has 0 fully saturated rings. The second-order valence-corrected chi connectivity index (χ2v) is 9.21. The van der Waals surface area contributed by atoms with Gasteiger partial charge in [-0.25, -0.2) is 0 Å². The number of rotatable bonds is 9. The molecule has 0 N–H and O–H groups in total. The maximum atomic E-state index is 12.1. The second-order valence-electron chi connectivity index (χ2n) is 6.47. The molecule has 2 aromatic rings. The third-order valence-electron chi connectivity index (χ3n) is 4.08. The average Bonchev–Trinajstić information content (AvgIpc) is 2.67. The molecule has 2 aromatic carbocycles. The number of hydrogen-bond donors (Lipinski definition) is 0. The second kappa shape index (κ2) is 9.59. The monoisotopic (exact) mass is 408 g/mol. The van der Waals surface area contributed by atoms with Crippen molar-refractivity contribution in [1.29, 1.82) is 10.5 Å². The van der Waals surface area contributed by atoms with Crippen LogP contribution < -0.4 is 0 Å². The van der Waals surface area contributed by atoms with Crippen LogP contribution in [-0.2, 0) is 9.59 Å². The van der Waals surface area contributed by atoms with Gasteiger partial charge in [0, 0.05) is 22.6 Å². The molecule has 0 aliphatic rings. The van der Waals surface area contributed by atoms with E-state index in [1.807, 2.05) is 60.7 Å². The van der Waals surface area contributed by atoms with Gasteiger partial charge in [-0.2, -0.15) is 10.5 Å². The van der Waals surface area contributed by atoms with E-state index >= 15 is 0 Å². The highest BCUT2D eigenvalue weighted by Crippen LogP contribution is 2.53. The summed E-state index contributed by atoms with van der Waals surface area (Å²) in [4.78, 5) is 25.8. The molecule has 0 heterocycles. The lowest BCUT2D eigenvalue weighted by Crippen LogP contribution is -2.49. The zero-order valence-corrected chi connectivity index (χ0v) is 17.3. The van der Waals surface area contributed by atoms with Crippen LogP contribution in [0, 0.1) is 22.7 Å². The molecule has 0 aromatic heterocycles. The lowest BCUT2D eigenvalue weighted by molar-refractivity contribution is -0.119. The van der Waals surface area contributed by atoms with E-state index in [1.54, 1.807) is 0 Å². The van der Waals surface area contributed by atoms with E-state index in [2.05, 4.69) is 12.1 Å². The summed E-state index contributed by atoms with van der Waals surface area (Å²) in [6, 6.07) is 22.9. The number of benzene rings is 2. The van der Waals surface area contributed by atoms with Crippen LogP contribution >= 0.6 is 23.5 Å². The van der Waals surface area contributed by atoms with Gasteiger partial charge in [-0.1, -0.05) is 36.4 Å². The number of carbonyl (C=O) groups excluding carboxylic acids is 2. The summed E-state index contributed by atoms with van der Waals surface area (Å²) >= 11 is 2.36. The van der Waals surface area contributed by atoms with Crippen molar-refractivity contribution < 1.29 is 9.59 Å². The van der Waals surface area contributed by atoms with Crippen molar-refractivity contribution in [3.8, 4) is 12.1 Å². The highest BCUT2D eigenvalue weighted by molar-refractivity contribution is 8.05. The van der Waals surface area contributed by atoms with Crippen molar-refractivity contribution in [1.82, 2.24) is 0 Å². The van der Waals surface area contributed by atoms with Gasteiger partial charge in [0.1, 0.15) is 21.1 Å². The summed E-state index contributed by atoms with van der Waals surface area (Å²) in [6.45, 7) is 2.81. The van der Waals surface area contributed by atoms with Gasteiger partial charge in [0.25, 0.3) is 0 Å². The van der Waals surface area contributed by atoms with Crippen molar-refractivity contribution in [3.63, 3.8) is 0 Å². The molecule has 0 radical (unpaired) electrons. The van der Waals surface area contributed by atoms with Crippen LogP contribution in [0.2, 0.25) is 0 Å². The predicted octanol–water partition coefficient (Wildman–Crippen LogP) is 5.05. The lowest BCUT2D eigenvalue weighted by Gasteiger charge is -2.39. The molecule has 0 unspecified atom stereocenters. The normalized spacial score (nSPS) is 14.7. The maximum Gasteiger partial charge on any atom is 0.142 e. The Morgan fingerprint density at radius 3 is 1.32 bits per heavy atom. The fraction of sp³-hybridized carbons (Fsp3) is 0.273. The molecule has 142 valence electrons. The molecule has 6 heteroatoms. The Hall–Kier alpha value is -2.54. The van der Waals surface area contributed by atoms with E-state index in [-0.39, 0.29) is 24.4 Å². The van der Waals surface area contributed by atoms with Gasteiger partial charge in [-0.15, -0.1) is 23.5 Å². The molecule has 0 bridgehead atoms. The summed E-state index contributed by atoms with van der Waals surface area (Å²) in [6.07, 6.45) is -0.270. The summed E-state index contributed by atoms with van der Waals surface area (Å²) in [5.74, 6) is -0.413. The summed E-state index contributed by atoms with van der Waals surface area (Å²) in [5, 5.41) is 20.5. The number of nitrogens with zero attached hydrogens (tertiary/aromatic N) is 2. The van der Waals surface area contributed by atoms with Gasteiger partial charge in [-0.3, -0.25) is 9.59 Å². The van der Waals surface area contributed by atoms with E-state index in [9.17, 15) is 20.1 Å². The van der Waals surface area contributed by atoms with Crippen LogP contribution in [0.25, 0.3) is 0 Å². The van der Waals surface area contributed by atoms with Crippen LogP contribution in [0.5, 0.6) is 0 Å². The molecule has 0 spiro atoms. The first-order valence-corrected chi connectivity index (χ1v) is 10.3. The first kappa shape index (κ1) is 21.8. The maximum absolute atomic E-state index is 12.1. The molecule has 0 aliphatic carbocycles. The lowest BCUT2D eigenvalue weighted by atomic mass is 9.84. The summed E-state index contributed by atoms with van der Waals surface area (Å²) in [7, 11) is 0. The average molecular weight is 409 g/mol. The molecule has 0 amide bonds. The van der Waals surface area contributed by atoms with Gasteiger partial charge < -0.3 is 0 Å². The Balaban J connectivity index is 2.65. The highest BCUT2D eigenvalue weighted by atomic mass is 32.2. The Bertz CT molecular complexity index is 842. The number of Topliss-reactive ketones (excluding diaryl/α,β-unsaturated/α-hetero) is 2. The molecule has 0 saturated heterocycles. The third-order valence-corrected chi connectivity index (χ3v) is 7.09. The van der Waals surface area contributed by atoms with E-state index in [0.717, 1.165) is 9.79 Å². The molecule has 0 aliphatic heterocycles. The minimum Gasteiger partial charge on any atom is -0.300 e. The van der Waals surface area contributed by atoms with E-state index < -0.39 is 9.49 Å². The molecule has 4 nitrogen and oxygen atoms in total. The Labute approximate surface area is 173 Å². The van der Waals surface area contributed by atoms with Gasteiger partial charge in [-0.05, 0) is 38.1 Å². The first-order valence-electron chi connectivity index (χ1n) is 8.66. The first-order chi connectivity index (χ1) is 13.4. The standard InChI is InChI=1S/C22H20N2O2S2/c1-17(25)13-21(15-23,27-19-9-5-3-6-10-19)22(16-24,14-18(2)26)28-20-11-7-4-8-12-20/h3-12H,13-14H2,1-2H3/t21-,22+. The Morgan fingerprint density at radius 2 is 1.07 bits per heavy atom. The molecule has 2 atom stereocenters. The molecule has 0 saturated carbocycles. The smallest absolute Gasteiger partial charge is 0.142 e. The molecule has 2 rings (SSSR count). The van der Waals surface area contributed by atoms with Crippen LogP contribution in [0.4, 0.5) is 0 Å². The molecular weight excluding hydrogens is 388 g/mol. The fourth-order valence-electron chi connectivity index (χ4n) is 2.91. The SMILES string of the molecule is CC(=O)C[C@@](C#N)(Sc1ccccc1)[C@](C#N)(CC(C)=O)Sc1ccccc1. The van der Waals surface area contributed by atoms with Gasteiger partial charge in [0.15, 0.2) is 0 Å². The van der Waals surface area contributed by atoms with E-state index in [0.29, 0.717) is 0 Å². The van der Waals surface area contributed by atoms with Crippen LogP contribution in [0.1, 0.15) is 26.7 Å². The Kier molecular flexibility index (Phi) is 7.45. The van der Waals surface area contributed by atoms with E-state index in [4.69, 9.17) is 0 Å². The zero-order chi connectivity index (χ0) is 20.6. The number of thioether (sulfide) groups is 2. The quantitative estimate of drug-likeness (QED) is 0.540. The predicted molar refractivity (Wildman–Crippen MR) is 112 cm³/mol. The number of nitriles is 2. The number of carbonyl (C=O) groups is 2. The van der Waals surface area contributed by atoms with Crippen molar-refractivity contribution in [2.75, 3.05) is 0 Å². The largest absolute Gasteiger partial charge is 0.300 e. The molecular formula is C22H20N2O2S2. The summed E-state index contributed by atoms with van der Waals surface area (Å²) < 4.78 is -2.86. The zero-order valence-electron chi connectivity index (χ0n) is 15.7. The third kappa shape index (κ3) is 5.04. The van der Waals surface area contributed by atoms with Crippen molar-refractivity contribution >= 4 is 35.1 Å². The number of ketones is 2. The molecule has 28 heavy (non-hydrogen) atoms. The topological polar surface area (TPSA) is 81.7 Å². The van der Waals surface area contributed by atoms with Crippen LogP contribution in [0.3, 0.4) is 0 Å². The summed E-state index contributed by atoms with van der Waals surface area (Å²) in [5.41, 5.74) is 0. The van der Waals surface area contributed by atoms with Crippen LogP contribution in [0.15, 0.2) is 70.5 Å². The minimum absolute atomic E-state index is 0.135. The van der Waals surface area contributed by atoms with Crippen LogP contribution in [-0.4, -0.2) is 21.1 Å². The van der Waals surface area contributed by atoms with Crippen molar-refractivity contribution in [3.05, 3.63) is 60.7 Å². The van der Waals surface area contributed by atoms with Gasteiger partial charge in [0.2, 0.25) is 0 Å². The minimum atomic E-state index is -1.43. The van der Waals surface area contributed by atoms with Gasteiger partial charge >= 0.3 is 0 Å².